The molecule has 42 heavy (non-hydrogen) atoms. The molecule has 0 unspecified atom stereocenters. The maximum absolute atomic E-state index is 14.5. The Labute approximate surface area is 234 Å². The zero-order chi connectivity index (χ0) is 30.1. The average molecular weight is 584 g/mol. The third kappa shape index (κ3) is 6.60. The average Bonchev–Trinajstić information content (AvgIpc) is 3.61. The second-order valence-corrected chi connectivity index (χ2v) is 9.18. The van der Waals surface area contributed by atoms with Crippen LogP contribution < -0.4 is 5.32 Å². The first-order valence-corrected chi connectivity index (χ1v) is 12.2. The van der Waals surface area contributed by atoms with Crippen molar-refractivity contribution in [3.8, 4) is 29.0 Å². The number of rotatable bonds is 5. The Kier molecular flexibility index (Phi) is 7.47. The molecule has 0 atom stereocenters. The SMILES string of the molecule is Cc1cn(-c2cc(CNc3ccc(F)c(C#Cc4ccc(-c5ncc(C(F)(F)F)[nH]5)nc4)c3)cc(C(F)(F)F)c2)cn1. The van der Waals surface area contributed by atoms with Crippen molar-refractivity contribution in [1.29, 1.82) is 0 Å². The van der Waals surface area contributed by atoms with E-state index in [1.165, 1.54) is 47.4 Å². The third-order valence-corrected chi connectivity index (χ3v) is 6.01. The molecule has 0 spiro atoms. The fourth-order valence-corrected chi connectivity index (χ4v) is 3.93. The summed E-state index contributed by atoms with van der Waals surface area (Å²) in [7, 11) is 0. The van der Waals surface area contributed by atoms with Gasteiger partial charge in [-0.05, 0) is 61.0 Å². The van der Waals surface area contributed by atoms with Gasteiger partial charge in [-0.25, -0.2) is 14.4 Å². The normalized spacial score (nSPS) is 11.7. The summed E-state index contributed by atoms with van der Waals surface area (Å²) in [5, 5.41) is 3.00. The molecule has 0 saturated heterocycles. The highest BCUT2D eigenvalue weighted by Crippen LogP contribution is 2.32. The number of hydrogen-bond donors (Lipinski definition) is 2. The van der Waals surface area contributed by atoms with E-state index in [0.29, 0.717) is 34.4 Å². The molecule has 0 fully saturated rings. The minimum atomic E-state index is -4.57. The molecule has 0 saturated carbocycles. The van der Waals surface area contributed by atoms with Crippen LogP contribution in [0.5, 0.6) is 0 Å². The molecule has 214 valence electrons. The summed E-state index contributed by atoms with van der Waals surface area (Å²) in [6, 6.07) is 10.6. The summed E-state index contributed by atoms with van der Waals surface area (Å²) >= 11 is 0. The lowest BCUT2D eigenvalue weighted by molar-refractivity contribution is -0.141. The van der Waals surface area contributed by atoms with E-state index >= 15 is 0 Å². The van der Waals surface area contributed by atoms with E-state index in [2.05, 4.69) is 37.1 Å². The van der Waals surface area contributed by atoms with Gasteiger partial charge in [0.1, 0.15) is 17.2 Å². The quantitative estimate of drug-likeness (QED) is 0.170. The molecule has 3 heterocycles. The molecule has 0 bridgehead atoms. The van der Waals surface area contributed by atoms with Gasteiger partial charge >= 0.3 is 12.4 Å². The minimum Gasteiger partial charge on any atom is -0.381 e. The molecule has 5 aromatic rings. The monoisotopic (exact) mass is 584 g/mol. The van der Waals surface area contributed by atoms with Crippen molar-refractivity contribution in [2.45, 2.75) is 25.8 Å². The van der Waals surface area contributed by atoms with E-state index in [1.54, 1.807) is 19.2 Å². The van der Waals surface area contributed by atoms with Crippen molar-refractivity contribution < 1.29 is 30.7 Å². The predicted octanol–water partition coefficient (Wildman–Crippen LogP) is 7.15. The summed E-state index contributed by atoms with van der Waals surface area (Å²) < 4.78 is 95.0. The predicted molar refractivity (Wildman–Crippen MR) is 140 cm³/mol. The number of nitrogens with one attached hydrogen (secondary N) is 2. The third-order valence-electron chi connectivity index (χ3n) is 6.01. The van der Waals surface area contributed by atoms with Gasteiger partial charge in [0.15, 0.2) is 5.82 Å². The lowest BCUT2D eigenvalue weighted by Crippen LogP contribution is -2.09. The number of anilines is 1. The van der Waals surface area contributed by atoms with E-state index in [9.17, 15) is 30.7 Å². The summed E-state index contributed by atoms with van der Waals surface area (Å²) in [5.74, 6) is 4.72. The van der Waals surface area contributed by atoms with Gasteiger partial charge in [0, 0.05) is 35.9 Å². The molecular formula is C29H19F7N6. The Bertz CT molecular complexity index is 1790. The molecule has 13 heteroatoms. The highest BCUT2D eigenvalue weighted by atomic mass is 19.4. The maximum Gasteiger partial charge on any atom is 0.432 e. The van der Waals surface area contributed by atoms with Crippen LogP contribution in [0.4, 0.5) is 36.4 Å². The lowest BCUT2D eigenvalue weighted by atomic mass is 10.1. The number of pyridine rings is 1. The Balaban J connectivity index is 1.32. The molecule has 0 amide bonds. The second kappa shape index (κ2) is 11.0. The fourth-order valence-electron chi connectivity index (χ4n) is 3.93. The summed E-state index contributed by atoms with van der Waals surface area (Å²) in [4.78, 5) is 14.0. The fraction of sp³-hybridized carbons (Fsp3) is 0.138. The largest absolute Gasteiger partial charge is 0.432 e. The number of H-pyrrole nitrogens is 1. The Morgan fingerprint density at radius 2 is 1.69 bits per heavy atom. The summed E-state index contributed by atoms with van der Waals surface area (Å²) in [5.41, 5.74) is 0.424. The first kappa shape index (κ1) is 28.4. The molecular weight excluding hydrogens is 565 g/mol. The number of hydrogen-bond acceptors (Lipinski definition) is 4. The first-order chi connectivity index (χ1) is 19.8. The van der Waals surface area contributed by atoms with Crippen LogP contribution in [0.1, 0.15) is 33.6 Å². The van der Waals surface area contributed by atoms with Crippen molar-refractivity contribution in [3.63, 3.8) is 0 Å². The minimum absolute atomic E-state index is 0.0112. The van der Waals surface area contributed by atoms with Crippen LogP contribution in [0.25, 0.3) is 17.2 Å². The zero-order valence-electron chi connectivity index (χ0n) is 21.6. The van der Waals surface area contributed by atoms with Gasteiger partial charge in [-0.15, -0.1) is 0 Å². The number of alkyl halides is 6. The van der Waals surface area contributed by atoms with Crippen molar-refractivity contribution in [2.24, 2.45) is 0 Å². The number of aromatic amines is 1. The van der Waals surface area contributed by atoms with Gasteiger partial charge in [-0.3, -0.25) is 4.98 Å². The number of imidazole rings is 2. The van der Waals surface area contributed by atoms with Gasteiger partial charge < -0.3 is 14.9 Å². The molecule has 0 aliphatic rings. The van der Waals surface area contributed by atoms with Crippen molar-refractivity contribution in [3.05, 3.63) is 113 Å². The number of nitrogens with zero attached hydrogens (tertiary/aromatic N) is 4. The van der Waals surface area contributed by atoms with Gasteiger partial charge in [-0.1, -0.05) is 11.8 Å². The number of aromatic nitrogens is 5. The topological polar surface area (TPSA) is 71.4 Å². The summed E-state index contributed by atoms with van der Waals surface area (Å²) in [6.07, 6.45) is -4.11. The van der Waals surface area contributed by atoms with Crippen LogP contribution in [0.3, 0.4) is 0 Å². The van der Waals surface area contributed by atoms with E-state index in [1.807, 2.05) is 0 Å². The van der Waals surface area contributed by atoms with E-state index in [0.717, 1.165) is 12.1 Å². The Morgan fingerprint density at radius 1 is 0.881 bits per heavy atom. The summed E-state index contributed by atoms with van der Waals surface area (Å²) in [6.45, 7) is 1.74. The van der Waals surface area contributed by atoms with Crippen molar-refractivity contribution in [1.82, 2.24) is 24.5 Å². The smallest absolute Gasteiger partial charge is 0.381 e. The highest BCUT2D eigenvalue weighted by Gasteiger charge is 2.33. The molecule has 0 radical (unpaired) electrons. The van der Waals surface area contributed by atoms with E-state index < -0.39 is 29.4 Å². The van der Waals surface area contributed by atoms with Crippen LogP contribution >= 0.6 is 0 Å². The number of benzene rings is 2. The van der Waals surface area contributed by atoms with Crippen LogP contribution in [0, 0.1) is 24.6 Å². The standard InChI is InChI=1S/C29H19F7N6/c1-17-15-42(16-40-17)23-9-19(8-21(11-23)28(31,32)33)13-37-22-5-6-24(30)20(10-22)4-2-18-3-7-25(38-12-18)27-39-14-26(41-27)29(34,35)36/h3,5-12,14-16,37H,13H2,1H3,(H,39,41). The lowest BCUT2D eigenvalue weighted by Gasteiger charge is -2.14. The molecule has 2 aromatic carbocycles. The molecule has 3 aromatic heterocycles. The maximum atomic E-state index is 14.5. The zero-order valence-corrected chi connectivity index (χ0v) is 21.6. The highest BCUT2D eigenvalue weighted by molar-refractivity contribution is 5.55. The Hall–Kier alpha value is -5.12. The second-order valence-electron chi connectivity index (χ2n) is 9.18. The first-order valence-electron chi connectivity index (χ1n) is 12.2. The van der Waals surface area contributed by atoms with E-state index in [-0.39, 0.29) is 23.6 Å². The van der Waals surface area contributed by atoms with Crippen molar-refractivity contribution in [2.75, 3.05) is 5.32 Å². The number of halogens is 7. The van der Waals surface area contributed by atoms with Crippen LogP contribution in [-0.2, 0) is 18.9 Å². The Morgan fingerprint density at radius 3 is 2.33 bits per heavy atom. The molecule has 6 nitrogen and oxygen atoms in total. The van der Waals surface area contributed by atoms with Gasteiger partial charge in [0.25, 0.3) is 0 Å². The van der Waals surface area contributed by atoms with Gasteiger partial charge in [-0.2, -0.15) is 26.3 Å². The molecule has 2 N–H and O–H groups in total. The van der Waals surface area contributed by atoms with E-state index in [4.69, 9.17) is 0 Å². The molecule has 0 aliphatic heterocycles. The van der Waals surface area contributed by atoms with Crippen LogP contribution in [0.2, 0.25) is 0 Å². The van der Waals surface area contributed by atoms with Crippen molar-refractivity contribution >= 4 is 5.69 Å². The number of aryl methyl sites for hydroxylation is 1. The molecule has 5 rings (SSSR count). The van der Waals surface area contributed by atoms with Crippen LogP contribution in [-0.4, -0.2) is 24.5 Å². The van der Waals surface area contributed by atoms with Gasteiger partial charge in [0.2, 0.25) is 0 Å². The van der Waals surface area contributed by atoms with Crippen LogP contribution in [0.15, 0.2) is 73.4 Å². The molecule has 0 aliphatic carbocycles. The van der Waals surface area contributed by atoms with Gasteiger partial charge in [0.05, 0.1) is 29.3 Å².